The minimum absolute atomic E-state index is 0.393. The molecule has 0 spiro atoms. The van der Waals surface area contributed by atoms with Crippen molar-refractivity contribution >= 4 is 17.3 Å². The van der Waals surface area contributed by atoms with E-state index in [1.54, 1.807) is 19.1 Å². The maximum atomic E-state index is 9.14. The molecule has 90 valence electrons. The third-order valence-corrected chi connectivity index (χ3v) is 2.60. The van der Waals surface area contributed by atoms with Crippen LogP contribution < -0.4 is 0 Å². The summed E-state index contributed by atoms with van der Waals surface area (Å²) in [7, 11) is 0. The van der Waals surface area contributed by atoms with E-state index in [0.29, 0.717) is 23.0 Å². The molecule has 0 amide bonds. The van der Waals surface area contributed by atoms with Crippen molar-refractivity contribution in [3.05, 3.63) is 29.3 Å². The second-order valence-electron chi connectivity index (χ2n) is 4.64. The summed E-state index contributed by atoms with van der Waals surface area (Å²) in [5.41, 5.74) is -0.188. The molecule has 0 aliphatic carbocycles. The van der Waals surface area contributed by atoms with E-state index in [-0.39, 0.29) is 0 Å². The van der Waals surface area contributed by atoms with Gasteiger partial charge in [0.15, 0.2) is 5.54 Å². The van der Waals surface area contributed by atoms with Crippen LogP contribution in [0.1, 0.15) is 27.2 Å². The lowest BCUT2D eigenvalue weighted by Crippen LogP contribution is -2.21. The summed E-state index contributed by atoms with van der Waals surface area (Å²) in [6.45, 7) is 5.90. The Bertz CT molecular complexity index is 448. The standard InChI is InChI=1S/C13H16ClN3/c1-10(2)8-13(3,9-15)17-16-12-7-5-4-6-11(12)14/h4-7,10H,8H2,1-3H3. The summed E-state index contributed by atoms with van der Waals surface area (Å²) < 4.78 is 0. The van der Waals surface area contributed by atoms with E-state index >= 15 is 0 Å². The Kier molecular flexibility index (Phi) is 4.65. The fourth-order valence-electron chi connectivity index (χ4n) is 1.60. The molecule has 1 aromatic rings. The molecule has 0 saturated carbocycles. The van der Waals surface area contributed by atoms with Crippen molar-refractivity contribution in [2.45, 2.75) is 32.7 Å². The molecule has 1 unspecified atom stereocenters. The minimum Gasteiger partial charge on any atom is -0.196 e. The van der Waals surface area contributed by atoms with Gasteiger partial charge in [0.25, 0.3) is 0 Å². The Labute approximate surface area is 107 Å². The number of nitriles is 1. The summed E-state index contributed by atoms with van der Waals surface area (Å²) in [5.74, 6) is 0.393. The second kappa shape index (κ2) is 5.79. The number of hydrogen-bond acceptors (Lipinski definition) is 3. The van der Waals surface area contributed by atoms with Crippen LogP contribution in [0.25, 0.3) is 0 Å². The van der Waals surface area contributed by atoms with E-state index in [1.165, 1.54) is 0 Å². The summed E-state index contributed by atoms with van der Waals surface area (Å²) in [6.07, 6.45) is 0.678. The second-order valence-corrected chi connectivity index (χ2v) is 5.04. The fourth-order valence-corrected chi connectivity index (χ4v) is 1.77. The van der Waals surface area contributed by atoms with Crippen LogP contribution in [-0.2, 0) is 0 Å². The SMILES string of the molecule is CC(C)CC(C)(C#N)N=Nc1ccccc1Cl. The van der Waals surface area contributed by atoms with Gasteiger partial charge < -0.3 is 0 Å². The van der Waals surface area contributed by atoms with Gasteiger partial charge in [-0.1, -0.05) is 37.6 Å². The molecule has 1 rings (SSSR count). The molecule has 17 heavy (non-hydrogen) atoms. The topological polar surface area (TPSA) is 48.5 Å². The van der Waals surface area contributed by atoms with Gasteiger partial charge in [-0.15, -0.1) is 0 Å². The first-order valence-electron chi connectivity index (χ1n) is 5.55. The Morgan fingerprint density at radius 2 is 2.06 bits per heavy atom. The first-order valence-corrected chi connectivity index (χ1v) is 5.93. The highest BCUT2D eigenvalue weighted by Gasteiger charge is 2.24. The molecule has 0 radical (unpaired) electrons. The minimum atomic E-state index is -0.784. The largest absolute Gasteiger partial charge is 0.196 e. The third kappa shape index (κ3) is 4.16. The Balaban J connectivity index is 2.89. The summed E-state index contributed by atoms with van der Waals surface area (Å²) >= 11 is 5.97. The van der Waals surface area contributed by atoms with E-state index in [0.717, 1.165) is 0 Å². The number of nitrogens with zero attached hydrogens (tertiary/aromatic N) is 3. The van der Waals surface area contributed by atoms with Gasteiger partial charge in [0, 0.05) is 0 Å². The Morgan fingerprint density at radius 3 is 2.59 bits per heavy atom. The molecule has 3 nitrogen and oxygen atoms in total. The predicted octanol–water partition coefficient (Wildman–Crippen LogP) is 4.75. The van der Waals surface area contributed by atoms with E-state index in [4.69, 9.17) is 16.9 Å². The highest BCUT2D eigenvalue weighted by atomic mass is 35.5. The van der Waals surface area contributed by atoms with E-state index in [2.05, 4.69) is 30.1 Å². The summed E-state index contributed by atoms with van der Waals surface area (Å²) in [5, 5.41) is 17.9. The molecule has 0 N–H and O–H groups in total. The van der Waals surface area contributed by atoms with Crippen molar-refractivity contribution in [2.75, 3.05) is 0 Å². The first-order chi connectivity index (χ1) is 7.97. The first kappa shape index (κ1) is 13.7. The van der Waals surface area contributed by atoms with Gasteiger partial charge in [0.1, 0.15) is 5.69 Å². The van der Waals surface area contributed by atoms with Crippen molar-refractivity contribution < 1.29 is 0 Å². The van der Waals surface area contributed by atoms with Crippen LogP contribution >= 0.6 is 11.6 Å². The Hall–Kier alpha value is -1.40. The van der Waals surface area contributed by atoms with Crippen molar-refractivity contribution in [2.24, 2.45) is 16.1 Å². The van der Waals surface area contributed by atoms with Gasteiger partial charge in [-0.05, 0) is 31.4 Å². The number of azo groups is 1. The van der Waals surface area contributed by atoms with Gasteiger partial charge >= 0.3 is 0 Å². The van der Waals surface area contributed by atoms with Crippen LogP contribution in [0, 0.1) is 17.2 Å². The van der Waals surface area contributed by atoms with Gasteiger partial charge in [0.2, 0.25) is 0 Å². The lowest BCUT2D eigenvalue weighted by atomic mass is 9.93. The molecule has 1 atom stereocenters. The van der Waals surface area contributed by atoms with Crippen LogP contribution in [0.15, 0.2) is 34.5 Å². The van der Waals surface area contributed by atoms with Crippen molar-refractivity contribution in [1.29, 1.82) is 5.26 Å². The van der Waals surface area contributed by atoms with Gasteiger partial charge in [-0.25, -0.2) is 0 Å². The molecule has 4 heteroatoms. The maximum Gasteiger partial charge on any atom is 0.165 e. The van der Waals surface area contributed by atoms with Crippen LogP contribution in [0.4, 0.5) is 5.69 Å². The lowest BCUT2D eigenvalue weighted by Gasteiger charge is -2.17. The number of benzene rings is 1. The third-order valence-electron chi connectivity index (χ3n) is 2.28. The van der Waals surface area contributed by atoms with Crippen molar-refractivity contribution in [3.63, 3.8) is 0 Å². The van der Waals surface area contributed by atoms with Crippen LogP contribution in [-0.4, -0.2) is 5.54 Å². The van der Waals surface area contributed by atoms with E-state index < -0.39 is 5.54 Å². The smallest absolute Gasteiger partial charge is 0.165 e. The average molecular weight is 250 g/mol. The summed E-state index contributed by atoms with van der Waals surface area (Å²) in [6, 6.07) is 9.40. The molecule has 1 aromatic carbocycles. The zero-order valence-corrected chi connectivity index (χ0v) is 11.1. The molecule has 0 aliphatic rings. The average Bonchev–Trinajstić information content (AvgIpc) is 2.27. The molecule has 0 saturated heterocycles. The fraction of sp³-hybridized carbons (Fsp3) is 0.462. The van der Waals surface area contributed by atoms with Crippen molar-refractivity contribution in [3.8, 4) is 6.07 Å². The van der Waals surface area contributed by atoms with Gasteiger partial charge in [-0.3, -0.25) is 0 Å². The zero-order valence-electron chi connectivity index (χ0n) is 10.3. The van der Waals surface area contributed by atoms with Crippen molar-refractivity contribution in [1.82, 2.24) is 0 Å². The van der Waals surface area contributed by atoms with Gasteiger partial charge in [-0.2, -0.15) is 15.5 Å². The Morgan fingerprint density at radius 1 is 1.41 bits per heavy atom. The molecular formula is C13H16ClN3. The monoisotopic (exact) mass is 249 g/mol. The molecule has 0 aromatic heterocycles. The highest BCUT2D eigenvalue weighted by molar-refractivity contribution is 6.32. The van der Waals surface area contributed by atoms with Gasteiger partial charge in [0.05, 0.1) is 11.1 Å². The normalized spacial score (nSPS) is 14.8. The lowest BCUT2D eigenvalue weighted by molar-refractivity contribution is 0.436. The van der Waals surface area contributed by atoms with Crippen LogP contribution in [0.2, 0.25) is 5.02 Å². The van der Waals surface area contributed by atoms with Crippen LogP contribution in [0.3, 0.4) is 0 Å². The highest BCUT2D eigenvalue weighted by Crippen LogP contribution is 2.27. The zero-order chi connectivity index (χ0) is 12.9. The predicted molar refractivity (Wildman–Crippen MR) is 69.4 cm³/mol. The van der Waals surface area contributed by atoms with E-state index in [9.17, 15) is 0 Å². The maximum absolute atomic E-state index is 9.14. The number of halogens is 1. The van der Waals surface area contributed by atoms with Crippen LogP contribution in [0.5, 0.6) is 0 Å². The summed E-state index contributed by atoms with van der Waals surface area (Å²) in [4.78, 5) is 0. The molecule has 0 heterocycles. The molecule has 0 aliphatic heterocycles. The molecular weight excluding hydrogens is 234 g/mol. The molecule has 0 fully saturated rings. The van der Waals surface area contributed by atoms with E-state index in [1.807, 2.05) is 12.1 Å². The number of hydrogen-bond donors (Lipinski definition) is 0. The quantitative estimate of drug-likeness (QED) is 0.710. The molecule has 0 bridgehead atoms. The number of rotatable bonds is 4.